The molecule has 0 saturated carbocycles. The van der Waals surface area contributed by atoms with Crippen molar-refractivity contribution in [1.82, 2.24) is 0 Å². The standard InChI is InChI=1S/C15H23N/c1-3-15(4-2)10-12-16(13-11-15)14-8-6-5-7-9-14/h5-9H,3-4,10-13H2,1-2H3. The average molecular weight is 217 g/mol. The summed E-state index contributed by atoms with van der Waals surface area (Å²) in [5.74, 6) is 0. The second-order valence-electron chi connectivity index (χ2n) is 5.03. The quantitative estimate of drug-likeness (QED) is 0.737. The van der Waals surface area contributed by atoms with E-state index < -0.39 is 0 Å². The highest BCUT2D eigenvalue weighted by Gasteiger charge is 2.30. The van der Waals surface area contributed by atoms with Crippen LogP contribution in [0.15, 0.2) is 30.3 Å². The van der Waals surface area contributed by atoms with Crippen molar-refractivity contribution >= 4 is 5.69 Å². The number of nitrogens with zero attached hydrogens (tertiary/aromatic N) is 1. The number of rotatable bonds is 3. The molecule has 0 amide bonds. The zero-order valence-corrected chi connectivity index (χ0v) is 10.6. The molecule has 2 rings (SSSR count). The monoisotopic (exact) mass is 217 g/mol. The van der Waals surface area contributed by atoms with E-state index >= 15 is 0 Å². The van der Waals surface area contributed by atoms with Crippen molar-refractivity contribution in [2.75, 3.05) is 18.0 Å². The van der Waals surface area contributed by atoms with Gasteiger partial charge in [-0.3, -0.25) is 0 Å². The van der Waals surface area contributed by atoms with E-state index in [9.17, 15) is 0 Å². The number of hydrogen-bond acceptors (Lipinski definition) is 1. The molecule has 1 aliphatic rings. The minimum Gasteiger partial charge on any atom is -0.371 e. The largest absolute Gasteiger partial charge is 0.371 e. The third-order valence-electron chi connectivity index (χ3n) is 4.45. The number of piperidine rings is 1. The van der Waals surface area contributed by atoms with Crippen molar-refractivity contribution in [3.63, 3.8) is 0 Å². The van der Waals surface area contributed by atoms with Gasteiger partial charge in [0.05, 0.1) is 0 Å². The van der Waals surface area contributed by atoms with Gasteiger partial charge in [0.15, 0.2) is 0 Å². The number of anilines is 1. The van der Waals surface area contributed by atoms with E-state index in [4.69, 9.17) is 0 Å². The summed E-state index contributed by atoms with van der Waals surface area (Å²) in [5.41, 5.74) is 2.02. The molecule has 0 aliphatic carbocycles. The Kier molecular flexibility index (Phi) is 3.52. The Morgan fingerprint density at radius 2 is 1.56 bits per heavy atom. The molecular weight excluding hydrogens is 194 g/mol. The van der Waals surface area contributed by atoms with Gasteiger partial charge in [-0.1, -0.05) is 44.9 Å². The molecule has 0 atom stereocenters. The third-order valence-corrected chi connectivity index (χ3v) is 4.45. The summed E-state index contributed by atoms with van der Waals surface area (Å²) in [4.78, 5) is 2.53. The smallest absolute Gasteiger partial charge is 0.0366 e. The van der Waals surface area contributed by atoms with E-state index in [0.717, 1.165) is 0 Å². The van der Waals surface area contributed by atoms with Crippen molar-refractivity contribution in [1.29, 1.82) is 0 Å². The molecule has 1 saturated heterocycles. The summed E-state index contributed by atoms with van der Waals surface area (Å²) in [6.07, 6.45) is 5.39. The second kappa shape index (κ2) is 4.90. The molecule has 1 fully saturated rings. The summed E-state index contributed by atoms with van der Waals surface area (Å²) in [7, 11) is 0. The van der Waals surface area contributed by atoms with Gasteiger partial charge < -0.3 is 4.90 Å². The second-order valence-corrected chi connectivity index (χ2v) is 5.03. The van der Waals surface area contributed by atoms with E-state index in [1.165, 1.54) is 44.5 Å². The summed E-state index contributed by atoms with van der Waals surface area (Å²) in [5, 5.41) is 0. The molecule has 0 unspecified atom stereocenters. The van der Waals surface area contributed by atoms with E-state index in [0.29, 0.717) is 5.41 Å². The molecule has 1 aliphatic heterocycles. The maximum absolute atomic E-state index is 2.53. The molecule has 1 heteroatoms. The Morgan fingerprint density at radius 1 is 1.00 bits per heavy atom. The van der Waals surface area contributed by atoms with Crippen LogP contribution in [0.3, 0.4) is 0 Å². The minimum absolute atomic E-state index is 0.630. The van der Waals surface area contributed by atoms with E-state index in [1.807, 2.05) is 0 Å². The van der Waals surface area contributed by atoms with Crippen LogP contribution < -0.4 is 4.90 Å². The Balaban J connectivity index is 2.00. The van der Waals surface area contributed by atoms with Crippen LogP contribution in [0.4, 0.5) is 5.69 Å². The third kappa shape index (κ3) is 2.23. The molecule has 0 bridgehead atoms. The Labute approximate surface area is 99.5 Å². The van der Waals surface area contributed by atoms with Gasteiger partial charge in [-0.05, 0) is 30.4 Å². The van der Waals surface area contributed by atoms with Crippen molar-refractivity contribution in [2.45, 2.75) is 39.5 Å². The first-order valence-electron chi connectivity index (χ1n) is 6.60. The normalized spacial score (nSPS) is 19.8. The highest BCUT2D eigenvalue weighted by atomic mass is 15.1. The Morgan fingerprint density at radius 3 is 2.06 bits per heavy atom. The molecule has 1 aromatic carbocycles. The van der Waals surface area contributed by atoms with Crippen LogP contribution in [-0.2, 0) is 0 Å². The highest BCUT2D eigenvalue weighted by molar-refractivity contribution is 5.46. The maximum Gasteiger partial charge on any atom is 0.0366 e. The number of para-hydroxylation sites is 1. The van der Waals surface area contributed by atoms with Gasteiger partial charge in [-0.2, -0.15) is 0 Å². The molecule has 16 heavy (non-hydrogen) atoms. The number of hydrogen-bond donors (Lipinski definition) is 0. The SMILES string of the molecule is CCC1(CC)CCN(c2ccccc2)CC1. The van der Waals surface area contributed by atoms with Crippen LogP contribution in [0.5, 0.6) is 0 Å². The predicted octanol–water partition coefficient (Wildman–Crippen LogP) is 4.09. The molecular formula is C15H23N. The lowest BCUT2D eigenvalue weighted by Gasteiger charge is -2.42. The zero-order chi connectivity index (χ0) is 11.4. The molecule has 1 heterocycles. The summed E-state index contributed by atoms with van der Waals surface area (Å²) >= 11 is 0. The summed E-state index contributed by atoms with van der Waals surface area (Å²) in [6, 6.07) is 10.8. The summed E-state index contributed by atoms with van der Waals surface area (Å²) in [6.45, 7) is 7.15. The lowest BCUT2D eigenvalue weighted by Crippen LogP contribution is -2.39. The van der Waals surface area contributed by atoms with Crippen LogP contribution in [0.1, 0.15) is 39.5 Å². The van der Waals surface area contributed by atoms with Crippen LogP contribution in [0.2, 0.25) is 0 Å². The topological polar surface area (TPSA) is 3.24 Å². The van der Waals surface area contributed by atoms with Crippen LogP contribution in [-0.4, -0.2) is 13.1 Å². The molecule has 1 nitrogen and oxygen atoms in total. The lowest BCUT2D eigenvalue weighted by molar-refractivity contribution is 0.199. The van der Waals surface area contributed by atoms with Crippen LogP contribution in [0, 0.1) is 5.41 Å². The highest BCUT2D eigenvalue weighted by Crippen LogP contribution is 2.38. The molecule has 0 aromatic heterocycles. The minimum atomic E-state index is 0.630. The Bertz CT molecular complexity index is 303. The van der Waals surface area contributed by atoms with Crippen molar-refractivity contribution in [3.05, 3.63) is 30.3 Å². The molecule has 88 valence electrons. The maximum atomic E-state index is 2.53. The van der Waals surface area contributed by atoms with Crippen molar-refractivity contribution in [2.24, 2.45) is 5.41 Å². The van der Waals surface area contributed by atoms with Gasteiger partial charge in [-0.25, -0.2) is 0 Å². The molecule has 1 aromatic rings. The average Bonchev–Trinajstić information content (AvgIpc) is 2.40. The van der Waals surface area contributed by atoms with Crippen molar-refractivity contribution in [3.8, 4) is 0 Å². The molecule has 0 N–H and O–H groups in total. The first-order chi connectivity index (χ1) is 7.79. The lowest BCUT2D eigenvalue weighted by atomic mass is 9.74. The molecule has 0 radical (unpaired) electrons. The fourth-order valence-electron chi connectivity index (χ4n) is 2.84. The number of benzene rings is 1. The summed E-state index contributed by atoms with van der Waals surface area (Å²) < 4.78 is 0. The first-order valence-corrected chi connectivity index (χ1v) is 6.60. The van der Waals surface area contributed by atoms with E-state index in [-0.39, 0.29) is 0 Å². The molecule has 0 spiro atoms. The van der Waals surface area contributed by atoms with Gasteiger partial charge >= 0.3 is 0 Å². The predicted molar refractivity (Wildman–Crippen MR) is 70.9 cm³/mol. The van der Waals surface area contributed by atoms with Gasteiger partial charge in [0, 0.05) is 18.8 Å². The van der Waals surface area contributed by atoms with Gasteiger partial charge in [0.1, 0.15) is 0 Å². The van der Waals surface area contributed by atoms with Gasteiger partial charge in [0.2, 0.25) is 0 Å². The van der Waals surface area contributed by atoms with E-state index in [2.05, 4.69) is 49.1 Å². The Hall–Kier alpha value is -0.980. The van der Waals surface area contributed by atoms with E-state index in [1.54, 1.807) is 0 Å². The fourth-order valence-corrected chi connectivity index (χ4v) is 2.84. The van der Waals surface area contributed by atoms with Gasteiger partial charge in [0.25, 0.3) is 0 Å². The zero-order valence-electron chi connectivity index (χ0n) is 10.6. The van der Waals surface area contributed by atoms with Crippen molar-refractivity contribution < 1.29 is 0 Å². The fraction of sp³-hybridized carbons (Fsp3) is 0.600. The van der Waals surface area contributed by atoms with Crippen LogP contribution >= 0.6 is 0 Å². The van der Waals surface area contributed by atoms with Gasteiger partial charge in [-0.15, -0.1) is 0 Å². The van der Waals surface area contributed by atoms with Crippen LogP contribution in [0.25, 0.3) is 0 Å². The first kappa shape index (κ1) is 11.5.